The van der Waals surface area contributed by atoms with Crippen LogP contribution in [-0.2, 0) is 0 Å². The van der Waals surface area contributed by atoms with Gasteiger partial charge in [-0.25, -0.2) is 0 Å². The summed E-state index contributed by atoms with van der Waals surface area (Å²) in [5.74, 6) is -1.13. The second-order valence-corrected chi connectivity index (χ2v) is 5.29. The van der Waals surface area contributed by atoms with Gasteiger partial charge in [-0.2, -0.15) is 23.3 Å². The zero-order chi connectivity index (χ0) is 15.0. The molecule has 2 aromatic heterocycles. The Labute approximate surface area is 117 Å². The van der Waals surface area contributed by atoms with Gasteiger partial charge >= 0.3 is 6.18 Å². The van der Waals surface area contributed by atoms with Crippen molar-refractivity contribution >= 4 is 17.0 Å². The molecule has 2 heterocycles. The Morgan fingerprint density at radius 1 is 1.33 bits per heavy atom. The van der Waals surface area contributed by atoms with Crippen LogP contribution >= 0.6 is 0 Å². The van der Waals surface area contributed by atoms with Gasteiger partial charge in [0.25, 0.3) is 5.56 Å². The highest BCUT2D eigenvalue weighted by atomic mass is 19.4. The minimum Gasteiger partial charge on any atom is -0.353 e. The molecule has 0 bridgehead atoms. The molecule has 9 heteroatoms. The smallest absolute Gasteiger partial charge is 0.353 e. The van der Waals surface area contributed by atoms with Crippen molar-refractivity contribution in [3.8, 4) is 0 Å². The van der Waals surface area contributed by atoms with Crippen molar-refractivity contribution in [2.45, 2.75) is 37.9 Å². The first-order valence-electron chi connectivity index (χ1n) is 6.70. The van der Waals surface area contributed by atoms with Crippen molar-refractivity contribution in [3.05, 3.63) is 16.6 Å². The third-order valence-corrected chi connectivity index (χ3v) is 3.80. The molecule has 2 aromatic rings. The van der Waals surface area contributed by atoms with E-state index in [1.165, 1.54) is 6.20 Å². The number of aromatic amines is 2. The van der Waals surface area contributed by atoms with E-state index >= 15 is 0 Å². The summed E-state index contributed by atoms with van der Waals surface area (Å²) in [6.45, 7) is 0. The van der Waals surface area contributed by atoms with Crippen LogP contribution in [0.2, 0.25) is 0 Å². The number of anilines is 1. The van der Waals surface area contributed by atoms with Crippen LogP contribution in [0.15, 0.2) is 11.0 Å². The van der Waals surface area contributed by atoms with Crippen LogP contribution in [-0.4, -0.2) is 32.4 Å². The molecule has 2 atom stereocenters. The van der Waals surface area contributed by atoms with Crippen LogP contribution in [0.3, 0.4) is 0 Å². The summed E-state index contributed by atoms with van der Waals surface area (Å²) in [5.41, 5.74) is -0.0659. The first-order chi connectivity index (χ1) is 9.93. The average Bonchev–Trinajstić information content (AvgIpc) is 2.87. The van der Waals surface area contributed by atoms with E-state index in [0.29, 0.717) is 23.9 Å². The number of alkyl halides is 3. The second kappa shape index (κ2) is 5.05. The maximum absolute atomic E-state index is 12.8. The highest BCUT2D eigenvalue weighted by Gasteiger charge is 2.42. The van der Waals surface area contributed by atoms with E-state index in [2.05, 4.69) is 25.5 Å². The Balaban J connectivity index is 1.77. The fraction of sp³-hybridized carbons (Fsp3) is 0.583. The van der Waals surface area contributed by atoms with E-state index in [1.54, 1.807) is 0 Å². The minimum atomic E-state index is -4.17. The van der Waals surface area contributed by atoms with Gasteiger partial charge in [0, 0.05) is 6.04 Å². The van der Waals surface area contributed by atoms with E-state index in [-0.39, 0.29) is 30.4 Å². The topological polar surface area (TPSA) is 86.5 Å². The molecule has 0 spiro atoms. The lowest BCUT2D eigenvalue weighted by molar-refractivity contribution is -0.182. The molecule has 0 radical (unpaired) electrons. The van der Waals surface area contributed by atoms with Crippen molar-refractivity contribution in [3.63, 3.8) is 0 Å². The van der Waals surface area contributed by atoms with Crippen LogP contribution in [0.5, 0.6) is 0 Å². The van der Waals surface area contributed by atoms with Gasteiger partial charge in [0.1, 0.15) is 5.39 Å². The highest BCUT2D eigenvalue weighted by Crippen LogP contribution is 2.38. The van der Waals surface area contributed by atoms with Crippen molar-refractivity contribution < 1.29 is 13.2 Å². The molecule has 3 rings (SSSR count). The number of fused-ring (bicyclic) bond motifs is 1. The number of nitrogens with zero attached hydrogens (tertiary/aromatic N) is 2. The molecular formula is C12H14F3N5O. The third-order valence-electron chi connectivity index (χ3n) is 3.80. The largest absolute Gasteiger partial charge is 0.391 e. The average molecular weight is 301 g/mol. The Kier molecular flexibility index (Phi) is 3.34. The molecular weight excluding hydrogens is 287 g/mol. The van der Waals surface area contributed by atoms with E-state index in [1.807, 2.05) is 0 Å². The number of nitrogens with one attached hydrogen (secondary N) is 3. The molecule has 1 fully saturated rings. The van der Waals surface area contributed by atoms with E-state index in [4.69, 9.17) is 0 Å². The van der Waals surface area contributed by atoms with Gasteiger partial charge in [-0.05, 0) is 19.3 Å². The van der Waals surface area contributed by atoms with Crippen molar-refractivity contribution in [1.29, 1.82) is 0 Å². The number of H-pyrrole nitrogens is 2. The van der Waals surface area contributed by atoms with Gasteiger partial charge in [0.05, 0.1) is 12.1 Å². The molecule has 1 saturated carbocycles. The first-order valence-corrected chi connectivity index (χ1v) is 6.70. The molecule has 2 unspecified atom stereocenters. The molecule has 0 amide bonds. The lowest BCUT2D eigenvalue weighted by Crippen LogP contribution is -2.35. The van der Waals surface area contributed by atoms with E-state index < -0.39 is 12.1 Å². The fourth-order valence-corrected chi connectivity index (χ4v) is 2.73. The van der Waals surface area contributed by atoms with Gasteiger partial charge in [0.15, 0.2) is 5.65 Å². The van der Waals surface area contributed by atoms with Crippen LogP contribution in [0.25, 0.3) is 11.0 Å². The molecule has 1 aliphatic carbocycles. The summed E-state index contributed by atoms with van der Waals surface area (Å²) in [6.07, 6.45) is -1.55. The molecule has 1 aliphatic rings. The molecule has 0 aliphatic heterocycles. The summed E-state index contributed by atoms with van der Waals surface area (Å²) in [4.78, 5) is 18.4. The number of halogens is 3. The Morgan fingerprint density at radius 3 is 2.90 bits per heavy atom. The maximum atomic E-state index is 12.8. The Bertz CT molecular complexity index is 692. The number of rotatable bonds is 2. The van der Waals surface area contributed by atoms with Gasteiger partial charge in [-0.15, -0.1) is 0 Å². The summed E-state index contributed by atoms with van der Waals surface area (Å²) in [5, 5.41) is 9.49. The SMILES string of the molecule is O=c1[nH]c(NC2CCCC(C(F)(F)F)C2)nc2[nH]ncc12. The van der Waals surface area contributed by atoms with Crippen LogP contribution in [0.4, 0.5) is 19.1 Å². The zero-order valence-corrected chi connectivity index (χ0v) is 11.0. The zero-order valence-electron chi connectivity index (χ0n) is 11.0. The predicted molar refractivity (Wildman–Crippen MR) is 69.9 cm³/mol. The normalized spacial score (nSPS) is 23.4. The summed E-state index contributed by atoms with van der Waals surface area (Å²) in [6, 6.07) is -0.353. The first kappa shape index (κ1) is 13.9. The van der Waals surface area contributed by atoms with Crippen molar-refractivity contribution in [2.75, 3.05) is 5.32 Å². The lowest BCUT2D eigenvalue weighted by Gasteiger charge is -2.31. The van der Waals surface area contributed by atoms with E-state index in [0.717, 1.165) is 0 Å². The third kappa shape index (κ3) is 2.86. The van der Waals surface area contributed by atoms with Crippen LogP contribution < -0.4 is 10.9 Å². The number of aromatic nitrogens is 4. The van der Waals surface area contributed by atoms with Gasteiger partial charge < -0.3 is 5.32 Å². The molecule has 0 saturated heterocycles. The standard InChI is InChI=1S/C12H14F3N5O/c13-12(14,15)6-2-1-3-7(4-6)17-11-18-9-8(5-16-20-9)10(21)19-11/h5-7H,1-4H2,(H3,16,17,18,19,20,21). The highest BCUT2D eigenvalue weighted by molar-refractivity contribution is 5.73. The Hall–Kier alpha value is -2.06. The Morgan fingerprint density at radius 2 is 2.14 bits per heavy atom. The molecule has 3 N–H and O–H groups in total. The molecule has 114 valence electrons. The lowest BCUT2D eigenvalue weighted by atomic mass is 9.85. The quantitative estimate of drug-likeness (QED) is 0.793. The maximum Gasteiger partial charge on any atom is 0.391 e. The molecule has 21 heavy (non-hydrogen) atoms. The van der Waals surface area contributed by atoms with E-state index in [9.17, 15) is 18.0 Å². The van der Waals surface area contributed by atoms with Gasteiger partial charge in [0.2, 0.25) is 5.95 Å². The monoisotopic (exact) mass is 301 g/mol. The summed E-state index contributed by atoms with van der Waals surface area (Å²) < 4.78 is 38.3. The van der Waals surface area contributed by atoms with Crippen molar-refractivity contribution in [1.82, 2.24) is 20.2 Å². The molecule has 6 nitrogen and oxygen atoms in total. The summed E-state index contributed by atoms with van der Waals surface area (Å²) >= 11 is 0. The second-order valence-electron chi connectivity index (χ2n) is 5.29. The van der Waals surface area contributed by atoms with Gasteiger partial charge in [-0.3, -0.25) is 14.9 Å². The van der Waals surface area contributed by atoms with Crippen LogP contribution in [0, 0.1) is 5.92 Å². The minimum absolute atomic E-state index is 0.00573. The van der Waals surface area contributed by atoms with Crippen molar-refractivity contribution in [2.24, 2.45) is 5.92 Å². The predicted octanol–water partition coefficient (Wildman–Crippen LogP) is 2.18. The van der Waals surface area contributed by atoms with Crippen LogP contribution in [0.1, 0.15) is 25.7 Å². The molecule has 0 aromatic carbocycles. The van der Waals surface area contributed by atoms with Gasteiger partial charge in [-0.1, -0.05) is 6.42 Å². The number of hydrogen-bond acceptors (Lipinski definition) is 4. The fourth-order valence-electron chi connectivity index (χ4n) is 2.73. The number of hydrogen-bond donors (Lipinski definition) is 3. The summed E-state index contributed by atoms with van der Waals surface area (Å²) in [7, 11) is 0.